The standard InChI is InChI=1S/C20H18N4O4/c1-28-17-9-5-3-6-13(17)16-10-19(26)24(12-22-16)11-18(25)23-15-8-4-2-7-14(15)20(21)27/h2-10,12H,11H2,1H3,(H2,21,27)(H,23,25). The number of amides is 2. The van der Waals surface area contributed by atoms with Crippen LogP contribution in [0.3, 0.4) is 0 Å². The normalized spacial score (nSPS) is 10.3. The van der Waals surface area contributed by atoms with Crippen molar-refractivity contribution in [2.24, 2.45) is 5.73 Å². The number of primary amides is 1. The number of carbonyl (C=O) groups is 2. The fourth-order valence-electron chi connectivity index (χ4n) is 2.70. The lowest BCUT2D eigenvalue weighted by molar-refractivity contribution is -0.116. The van der Waals surface area contributed by atoms with Crippen molar-refractivity contribution in [2.75, 3.05) is 12.4 Å². The Bertz CT molecular complexity index is 1090. The zero-order chi connectivity index (χ0) is 20.1. The van der Waals surface area contributed by atoms with Crippen molar-refractivity contribution in [3.63, 3.8) is 0 Å². The van der Waals surface area contributed by atoms with Crippen molar-refractivity contribution in [3.8, 4) is 17.0 Å². The lowest BCUT2D eigenvalue weighted by Gasteiger charge is -2.11. The summed E-state index contributed by atoms with van der Waals surface area (Å²) in [6.07, 6.45) is 1.30. The second-order valence-corrected chi connectivity index (χ2v) is 5.90. The summed E-state index contributed by atoms with van der Waals surface area (Å²) < 4.78 is 6.45. The summed E-state index contributed by atoms with van der Waals surface area (Å²) in [6, 6.07) is 14.9. The summed E-state index contributed by atoms with van der Waals surface area (Å²) in [7, 11) is 1.54. The number of anilines is 1. The van der Waals surface area contributed by atoms with E-state index in [-0.39, 0.29) is 17.8 Å². The molecule has 0 aliphatic heterocycles. The van der Waals surface area contributed by atoms with Crippen molar-refractivity contribution in [1.29, 1.82) is 0 Å². The number of methoxy groups -OCH3 is 1. The molecule has 2 amide bonds. The molecule has 0 spiro atoms. The van der Waals surface area contributed by atoms with Gasteiger partial charge in [-0.3, -0.25) is 19.0 Å². The van der Waals surface area contributed by atoms with Crippen LogP contribution in [-0.4, -0.2) is 28.5 Å². The van der Waals surface area contributed by atoms with E-state index in [1.165, 1.54) is 30.1 Å². The van der Waals surface area contributed by atoms with E-state index in [1.54, 1.807) is 30.3 Å². The minimum Gasteiger partial charge on any atom is -0.496 e. The van der Waals surface area contributed by atoms with Gasteiger partial charge in [-0.1, -0.05) is 24.3 Å². The summed E-state index contributed by atoms with van der Waals surface area (Å²) in [6.45, 7) is -0.259. The number of hydrogen-bond donors (Lipinski definition) is 2. The van der Waals surface area contributed by atoms with Crippen LogP contribution >= 0.6 is 0 Å². The molecule has 8 nitrogen and oxygen atoms in total. The third kappa shape index (κ3) is 4.07. The van der Waals surface area contributed by atoms with Crippen LogP contribution in [0.4, 0.5) is 5.69 Å². The average Bonchev–Trinajstić information content (AvgIpc) is 2.69. The SMILES string of the molecule is COc1ccccc1-c1cc(=O)n(CC(=O)Nc2ccccc2C(N)=O)cn1. The second kappa shape index (κ2) is 8.17. The highest BCUT2D eigenvalue weighted by Crippen LogP contribution is 2.26. The lowest BCUT2D eigenvalue weighted by atomic mass is 10.1. The highest BCUT2D eigenvalue weighted by molar-refractivity contribution is 6.02. The van der Waals surface area contributed by atoms with Gasteiger partial charge in [0.15, 0.2) is 0 Å². The molecule has 3 N–H and O–H groups in total. The maximum Gasteiger partial charge on any atom is 0.254 e. The van der Waals surface area contributed by atoms with Gasteiger partial charge in [-0.25, -0.2) is 4.98 Å². The third-order valence-electron chi connectivity index (χ3n) is 4.04. The van der Waals surface area contributed by atoms with Crippen LogP contribution in [0.25, 0.3) is 11.3 Å². The van der Waals surface area contributed by atoms with E-state index >= 15 is 0 Å². The molecule has 28 heavy (non-hydrogen) atoms. The molecular weight excluding hydrogens is 360 g/mol. The Kier molecular flexibility index (Phi) is 5.50. The average molecular weight is 378 g/mol. The highest BCUT2D eigenvalue weighted by Gasteiger charge is 2.13. The number of nitrogens with one attached hydrogen (secondary N) is 1. The molecule has 8 heteroatoms. The minimum atomic E-state index is -0.657. The van der Waals surface area contributed by atoms with E-state index < -0.39 is 17.4 Å². The first-order valence-electron chi connectivity index (χ1n) is 8.38. The van der Waals surface area contributed by atoms with Crippen LogP contribution in [0.15, 0.2) is 65.7 Å². The molecule has 1 aromatic heterocycles. The van der Waals surface area contributed by atoms with Gasteiger partial charge in [-0.05, 0) is 24.3 Å². The lowest BCUT2D eigenvalue weighted by Crippen LogP contribution is -2.28. The highest BCUT2D eigenvalue weighted by atomic mass is 16.5. The smallest absolute Gasteiger partial charge is 0.254 e. The number of carbonyl (C=O) groups excluding carboxylic acids is 2. The Hall–Kier alpha value is -3.94. The van der Waals surface area contributed by atoms with E-state index in [9.17, 15) is 14.4 Å². The maximum absolute atomic E-state index is 12.4. The van der Waals surface area contributed by atoms with Crippen molar-refractivity contribution in [1.82, 2.24) is 9.55 Å². The molecule has 0 saturated carbocycles. The predicted molar refractivity (Wildman–Crippen MR) is 104 cm³/mol. The van der Waals surface area contributed by atoms with Gasteiger partial charge < -0.3 is 15.8 Å². The molecule has 2 aromatic carbocycles. The Balaban J connectivity index is 1.80. The summed E-state index contributed by atoms with van der Waals surface area (Å²) in [4.78, 5) is 40.4. The van der Waals surface area contributed by atoms with Gasteiger partial charge in [0.05, 0.1) is 30.4 Å². The number of ether oxygens (including phenoxy) is 1. The zero-order valence-corrected chi connectivity index (χ0v) is 15.1. The summed E-state index contributed by atoms with van der Waals surface area (Å²) >= 11 is 0. The van der Waals surface area contributed by atoms with E-state index in [0.29, 0.717) is 17.0 Å². The van der Waals surface area contributed by atoms with Crippen LogP contribution in [-0.2, 0) is 11.3 Å². The Labute approximate surface area is 160 Å². The molecule has 3 rings (SSSR count). The monoisotopic (exact) mass is 378 g/mol. The van der Waals surface area contributed by atoms with Gasteiger partial charge in [0, 0.05) is 11.6 Å². The zero-order valence-electron chi connectivity index (χ0n) is 15.1. The minimum absolute atomic E-state index is 0.188. The van der Waals surface area contributed by atoms with Gasteiger partial charge in [0.25, 0.3) is 11.5 Å². The van der Waals surface area contributed by atoms with Crippen LogP contribution < -0.4 is 21.3 Å². The number of nitrogens with two attached hydrogens (primary N) is 1. The molecule has 0 atom stereocenters. The summed E-state index contributed by atoms with van der Waals surface area (Å²) in [5.41, 5.74) is 6.49. The van der Waals surface area contributed by atoms with Crippen molar-refractivity contribution >= 4 is 17.5 Å². The van der Waals surface area contributed by atoms with E-state index in [4.69, 9.17) is 10.5 Å². The van der Waals surface area contributed by atoms with Gasteiger partial charge in [-0.15, -0.1) is 0 Å². The van der Waals surface area contributed by atoms with E-state index in [0.717, 1.165) is 0 Å². The third-order valence-corrected chi connectivity index (χ3v) is 4.04. The molecule has 0 saturated heterocycles. The number of nitrogens with zero attached hydrogens (tertiary/aromatic N) is 2. The predicted octanol–water partition coefficient (Wildman–Crippen LogP) is 1.66. The quantitative estimate of drug-likeness (QED) is 0.677. The number of aromatic nitrogens is 2. The maximum atomic E-state index is 12.4. The second-order valence-electron chi connectivity index (χ2n) is 5.90. The Morgan fingerprint density at radius 1 is 1.14 bits per heavy atom. The van der Waals surface area contributed by atoms with Gasteiger partial charge >= 0.3 is 0 Å². The number of para-hydroxylation sites is 2. The molecule has 0 aliphatic rings. The largest absolute Gasteiger partial charge is 0.496 e. The molecule has 142 valence electrons. The molecule has 1 heterocycles. The van der Waals surface area contributed by atoms with Gasteiger partial charge in [0.2, 0.25) is 5.91 Å². The number of rotatable bonds is 6. The molecular formula is C20H18N4O4. The molecule has 0 unspecified atom stereocenters. The fraction of sp³-hybridized carbons (Fsp3) is 0.100. The first kappa shape index (κ1) is 18.8. The van der Waals surface area contributed by atoms with Gasteiger partial charge in [-0.2, -0.15) is 0 Å². The Morgan fingerprint density at radius 2 is 1.86 bits per heavy atom. The first-order chi connectivity index (χ1) is 13.5. The molecule has 0 bridgehead atoms. The van der Waals surface area contributed by atoms with E-state index in [2.05, 4.69) is 10.3 Å². The molecule has 0 aliphatic carbocycles. The molecule has 0 fully saturated rings. The van der Waals surface area contributed by atoms with Gasteiger partial charge in [0.1, 0.15) is 12.3 Å². The van der Waals surface area contributed by atoms with Crippen LogP contribution in [0.5, 0.6) is 5.75 Å². The van der Waals surface area contributed by atoms with Crippen molar-refractivity contribution < 1.29 is 14.3 Å². The van der Waals surface area contributed by atoms with Crippen molar-refractivity contribution in [3.05, 3.63) is 76.8 Å². The summed E-state index contributed by atoms with van der Waals surface area (Å²) in [5, 5.41) is 2.58. The first-order valence-corrected chi connectivity index (χ1v) is 8.38. The van der Waals surface area contributed by atoms with Crippen LogP contribution in [0.1, 0.15) is 10.4 Å². The van der Waals surface area contributed by atoms with Crippen LogP contribution in [0.2, 0.25) is 0 Å². The Morgan fingerprint density at radius 3 is 2.57 bits per heavy atom. The fourth-order valence-corrected chi connectivity index (χ4v) is 2.70. The topological polar surface area (TPSA) is 116 Å². The van der Waals surface area contributed by atoms with E-state index in [1.807, 2.05) is 12.1 Å². The van der Waals surface area contributed by atoms with Crippen molar-refractivity contribution in [2.45, 2.75) is 6.54 Å². The van der Waals surface area contributed by atoms with Crippen LogP contribution in [0, 0.1) is 0 Å². The molecule has 3 aromatic rings. The summed E-state index contributed by atoms with van der Waals surface area (Å²) in [5.74, 6) is -0.550. The number of hydrogen-bond acceptors (Lipinski definition) is 5. The number of benzene rings is 2. The molecule has 0 radical (unpaired) electrons.